The average molecular weight is 445 g/mol. The number of nitrogens with two attached hydrogens (primary N) is 1. The van der Waals surface area contributed by atoms with Gasteiger partial charge in [-0.3, -0.25) is 9.98 Å². The topological polar surface area (TPSA) is 63.3 Å². The Labute approximate surface area is 201 Å². The fourth-order valence-corrected chi connectivity index (χ4v) is 3.79. The molecule has 0 aliphatic carbocycles. The molecule has 0 radical (unpaired) electrons. The van der Waals surface area contributed by atoms with Crippen LogP contribution in [-0.4, -0.2) is 10.7 Å². The molecule has 0 aliphatic rings. The molecule has 0 saturated carbocycles. The predicted octanol–water partition coefficient (Wildman–Crippen LogP) is 6.58. The number of hydrogen-bond acceptors (Lipinski definition) is 4. The number of pyridine rings is 1. The van der Waals surface area contributed by atoms with Gasteiger partial charge in [-0.05, 0) is 53.4 Å². The van der Waals surface area contributed by atoms with Crippen molar-refractivity contribution in [3.63, 3.8) is 0 Å². The maximum Gasteiger partial charge on any atom is 0.0732 e. The second-order valence-electron chi connectivity index (χ2n) is 8.02. The standard InChI is InChI=1S/C30H28N4/c1-21(31)25-13-9-14-26(19-25)22(2)34-29-17-10-16-28(24-11-5-4-6-12-24)30(29)23(3)33-20-27-15-7-8-18-32-27/h4-19,33H,1,3,20,31H2,2H3/b34-22+. The van der Waals surface area contributed by atoms with Crippen LogP contribution in [-0.2, 0) is 6.54 Å². The van der Waals surface area contributed by atoms with E-state index in [1.807, 2.05) is 79.7 Å². The Balaban J connectivity index is 1.76. The van der Waals surface area contributed by atoms with Gasteiger partial charge >= 0.3 is 0 Å². The van der Waals surface area contributed by atoms with E-state index in [-0.39, 0.29) is 0 Å². The van der Waals surface area contributed by atoms with Gasteiger partial charge in [-0.1, -0.05) is 79.9 Å². The van der Waals surface area contributed by atoms with Crippen molar-refractivity contribution < 1.29 is 0 Å². The predicted molar refractivity (Wildman–Crippen MR) is 144 cm³/mol. The van der Waals surface area contributed by atoms with Crippen molar-refractivity contribution in [2.24, 2.45) is 10.7 Å². The molecular formula is C30H28N4. The van der Waals surface area contributed by atoms with Crippen molar-refractivity contribution in [3.05, 3.63) is 133 Å². The van der Waals surface area contributed by atoms with Crippen LogP contribution in [0.2, 0.25) is 0 Å². The highest BCUT2D eigenvalue weighted by Crippen LogP contribution is 2.35. The maximum atomic E-state index is 5.91. The highest BCUT2D eigenvalue weighted by atomic mass is 14.9. The molecule has 0 bridgehead atoms. The molecule has 0 fully saturated rings. The Kier molecular flexibility index (Phi) is 6.99. The molecule has 0 unspecified atom stereocenters. The quantitative estimate of drug-likeness (QED) is 0.302. The van der Waals surface area contributed by atoms with Crippen LogP contribution in [0.4, 0.5) is 5.69 Å². The second-order valence-corrected chi connectivity index (χ2v) is 8.02. The molecule has 0 spiro atoms. The Bertz CT molecular complexity index is 1340. The summed E-state index contributed by atoms with van der Waals surface area (Å²) in [5.41, 5.74) is 14.9. The molecule has 3 aromatic carbocycles. The van der Waals surface area contributed by atoms with E-state index in [0.29, 0.717) is 12.2 Å². The Morgan fingerprint density at radius 2 is 1.62 bits per heavy atom. The van der Waals surface area contributed by atoms with Crippen LogP contribution < -0.4 is 11.1 Å². The Morgan fingerprint density at radius 1 is 0.882 bits per heavy atom. The summed E-state index contributed by atoms with van der Waals surface area (Å²) in [6.07, 6.45) is 1.79. The van der Waals surface area contributed by atoms with Gasteiger partial charge in [-0.15, -0.1) is 0 Å². The van der Waals surface area contributed by atoms with Crippen LogP contribution in [0, 0.1) is 0 Å². The molecule has 0 amide bonds. The first-order chi connectivity index (χ1) is 16.5. The van der Waals surface area contributed by atoms with Crippen LogP contribution in [0.15, 0.2) is 115 Å². The SMILES string of the molecule is C=C(N)c1cccc(/C(C)=N/c2cccc(-c3ccccc3)c2C(=C)NCc2ccccn2)c1. The lowest BCUT2D eigenvalue weighted by atomic mass is 9.96. The summed E-state index contributed by atoms with van der Waals surface area (Å²) in [6.45, 7) is 10.8. The van der Waals surface area contributed by atoms with Crippen molar-refractivity contribution in [2.45, 2.75) is 13.5 Å². The molecule has 1 aromatic heterocycles. The smallest absolute Gasteiger partial charge is 0.0732 e. The highest BCUT2D eigenvalue weighted by molar-refractivity contribution is 6.02. The van der Waals surface area contributed by atoms with Gasteiger partial charge in [-0.25, -0.2) is 0 Å². The molecule has 0 aliphatic heterocycles. The Hall–Kier alpha value is -4.44. The van der Waals surface area contributed by atoms with Crippen LogP contribution >= 0.6 is 0 Å². The normalized spacial score (nSPS) is 11.1. The van der Waals surface area contributed by atoms with E-state index in [1.54, 1.807) is 6.20 Å². The van der Waals surface area contributed by atoms with Gasteiger partial charge in [0.05, 0.1) is 17.9 Å². The van der Waals surface area contributed by atoms with E-state index in [0.717, 1.165) is 50.6 Å². The first-order valence-electron chi connectivity index (χ1n) is 11.1. The lowest BCUT2D eigenvalue weighted by Gasteiger charge is -2.17. The van der Waals surface area contributed by atoms with Gasteiger partial charge in [-0.2, -0.15) is 0 Å². The minimum Gasteiger partial charge on any atom is -0.399 e. The number of rotatable bonds is 8. The molecular weight excluding hydrogens is 416 g/mol. The van der Waals surface area contributed by atoms with Gasteiger partial charge in [0, 0.05) is 28.9 Å². The number of nitrogens with one attached hydrogen (secondary N) is 1. The maximum absolute atomic E-state index is 5.91. The average Bonchev–Trinajstić information content (AvgIpc) is 2.88. The molecule has 4 rings (SSSR count). The van der Waals surface area contributed by atoms with Crippen LogP contribution in [0.3, 0.4) is 0 Å². The van der Waals surface area contributed by atoms with E-state index in [1.165, 1.54) is 0 Å². The summed E-state index contributed by atoms with van der Waals surface area (Å²) in [5, 5.41) is 3.45. The van der Waals surface area contributed by atoms with Crippen molar-refractivity contribution in [2.75, 3.05) is 0 Å². The lowest BCUT2D eigenvalue weighted by Crippen LogP contribution is -2.13. The molecule has 0 saturated heterocycles. The van der Waals surface area contributed by atoms with E-state index < -0.39 is 0 Å². The largest absolute Gasteiger partial charge is 0.399 e. The van der Waals surface area contributed by atoms with Crippen molar-refractivity contribution in [1.29, 1.82) is 0 Å². The van der Waals surface area contributed by atoms with Gasteiger partial charge in [0.25, 0.3) is 0 Å². The second kappa shape index (κ2) is 10.5. The minimum atomic E-state index is 0.536. The fraction of sp³-hybridized carbons (Fsp3) is 0.0667. The summed E-state index contributed by atoms with van der Waals surface area (Å²) in [5.74, 6) is 0. The molecule has 34 heavy (non-hydrogen) atoms. The van der Waals surface area contributed by atoms with E-state index >= 15 is 0 Å². The highest BCUT2D eigenvalue weighted by Gasteiger charge is 2.14. The molecule has 168 valence electrons. The zero-order valence-electron chi connectivity index (χ0n) is 19.3. The number of benzene rings is 3. The summed E-state index contributed by atoms with van der Waals surface area (Å²) in [4.78, 5) is 9.43. The third-order valence-corrected chi connectivity index (χ3v) is 5.58. The first-order valence-corrected chi connectivity index (χ1v) is 11.1. The Morgan fingerprint density at radius 3 is 2.35 bits per heavy atom. The summed E-state index contributed by atoms with van der Waals surface area (Å²) < 4.78 is 0. The van der Waals surface area contributed by atoms with Crippen LogP contribution in [0.25, 0.3) is 22.5 Å². The van der Waals surface area contributed by atoms with Crippen molar-refractivity contribution in [1.82, 2.24) is 10.3 Å². The zero-order chi connectivity index (χ0) is 23.9. The summed E-state index contributed by atoms with van der Waals surface area (Å²) >= 11 is 0. The van der Waals surface area contributed by atoms with Gasteiger partial charge < -0.3 is 11.1 Å². The van der Waals surface area contributed by atoms with Gasteiger partial charge in [0.2, 0.25) is 0 Å². The third kappa shape index (κ3) is 5.30. The van der Waals surface area contributed by atoms with Crippen molar-refractivity contribution in [3.8, 4) is 11.1 Å². The van der Waals surface area contributed by atoms with Gasteiger partial charge in [0.15, 0.2) is 0 Å². The zero-order valence-corrected chi connectivity index (χ0v) is 19.3. The molecule has 3 N–H and O–H groups in total. The number of hydrogen-bond donors (Lipinski definition) is 2. The molecule has 4 nitrogen and oxygen atoms in total. The van der Waals surface area contributed by atoms with E-state index in [2.05, 4.69) is 41.7 Å². The summed E-state index contributed by atoms with van der Waals surface area (Å²) in [6, 6.07) is 30.3. The van der Waals surface area contributed by atoms with Crippen molar-refractivity contribution >= 4 is 22.8 Å². The third-order valence-electron chi connectivity index (χ3n) is 5.58. The molecule has 1 heterocycles. The van der Waals surface area contributed by atoms with Crippen LogP contribution in [0.5, 0.6) is 0 Å². The lowest BCUT2D eigenvalue weighted by molar-refractivity contribution is 0.855. The minimum absolute atomic E-state index is 0.536. The molecule has 4 aromatic rings. The fourth-order valence-electron chi connectivity index (χ4n) is 3.79. The number of nitrogens with zero attached hydrogens (tertiary/aromatic N) is 2. The van der Waals surface area contributed by atoms with Gasteiger partial charge in [0.1, 0.15) is 0 Å². The monoisotopic (exact) mass is 444 g/mol. The van der Waals surface area contributed by atoms with E-state index in [9.17, 15) is 0 Å². The molecule has 0 atom stereocenters. The van der Waals surface area contributed by atoms with Crippen LogP contribution in [0.1, 0.15) is 29.3 Å². The first kappa shape index (κ1) is 22.7. The number of aromatic nitrogens is 1. The van der Waals surface area contributed by atoms with E-state index in [4.69, 9.17) is 10.7 Å². The molecule has 4 heteroatoms. The summed E-state index contributed by atoms with van der Waals surface area (Å²) in [7, 11) is 0. The number of aliphatic imine (C=N–C) groups is 1.